The predicted molar refractivity (Wildman–Crippen MR) is 134 cm³/mol. The average molecular weight is 489 g/mol. The van der Waals surface area contributed by atoms with Crippen LogP contribution in [0.5, 0.6) is 5.75 Å². The second kappa shape index (κ2) is 12.6. The maximum Gasteiger partial charge on any atom is 0.234 e. The second-order valence-corrected chi connectivity index (χ2v) is 9.01. The van der Waals surface area contributed by atoms with Gasteiger partial charge in [-0.1, -0.05) is 47.6 Å². The van der Waals surface area contributed by atoms with Crippen LogP contribution in [0.2, 0.25) is 5.02 Å². The lowest BCUT2D eigenvalue weighted by molar-refractivity contribution is -0.113. The van der Waals surface area contributed by atoms with Gasteiger partial charge >= 0.3 is 0 Å². The van der Waals surface area contributed by atoms with Crippen LogP contribution in [0, 0.1) is 0 Å². The maximum absolute atomic E-state index is 12.4. The molecule has 0 saturated heterocycles. The number of nitrogens with zero attached hydrogens (tertiary/aromatic N) is 3. The van der Waals surface area contributed by atoms with Crippen molar-refractivity contribution in [3.05, 3.63) is 77.6 Å². The Labute approximate surface area is 201 Å². The number of halogens is 1. The second-order valence-electron chi connectivity index (χ2n) is 6.68. The molecule has 0 unspecified atom stereocenters. The summed E-state index contributed by atoms with van der Waals surface area (Å²) in [6.07, 6.45) is 1.80. The molecule has 2 aromatic carbocycles. The number of aromatic nitrogens is 3. The van der Waals surface area contributed by atoms with Crippen molar-refractivity contribution in [2.45, 2.75) is 30.1 Å². The Hall–Kier alpha value is -2.42. The predicted octanol–water partition coefficient (Wildman–Crippen LogP) is 5.68. The number of ether oxygens (including phenoxy) is 1. The van der Waals surface area contributed by atoms with Crippen molar-refractivity contribution >= 4 is 46.7 Å². The fourth-order valence-corrected chi connectivity index (χ4v) is 4.86. The number of anilines is 1. The monoisotopic (exact) mass is 488 g/mol. The molecule has 0 aliphatic carbocycles. The van der Waals surface area contributed by atoms with Gasteiger partial charge in [-0.05, 0) is 42.8 Å². The molecule has 1 aromatic heterocycles. The minimum Gasteiger partial charge on any atom is -0.494 e. The van der Waals surface area contributed by atoms with Crippen LogP contribution in [0.4, 0.5) is 5.69 Å². The summed E-state index contributed by atoms with van der Waals surface area (Å²) in [5.74, 6) is 3.21. The summed E-state index contributed by atoms with van der Waals surface area (Å²) in [5, 5.41) is 13.0. The first-order valence-corrected chi connectivity index (χ1v) is 12.6. The Balaban J connectivity index is 1.54. The molecule has 1 heterocycles. The van der Waals surface area contributed by atoms with Crippen LogP contribution in [0.1, 0.15) is 18.3 Å². The quantitative estimate of drug-likeness (QED) is 0.261. The lowest BCUT2D eigenvalue weighted by Gasteiger charge is -2.09. The molecule has 168 valence electrons. The number of carbonyl (C=O) groups excluding carboxylic acids is 1. The van der Waals surface area contributed by atoms with Crippen molar-refractivity contribution in [1.29, 1.82) is 0 Å². The van der Waals surface area contributed by atoms with E-state index in [1.807, 2.05) is 60.0 Å². The smallest absolute Gasteiger partial charge is 0.234 e. The number of benzene rings is 2. The molecule has 0 radical (unpaired) electrons. The van der Waals surface area contributed by atoms with Gasteiger partial charge in [-0.2, -0.15) is 0 Å². The van der Waals surface area contributed by atoms with Crippen molar-refractivity contribution in [2.24, 2.45) is 0 Å². The highest BCUT2D eigenvalue weighted by Crippen LogP contribution is 2.25. The molecule has 0 aliphatic heterocycles. The number of amides is 1. The highest BCUT2D eigenvalue weighted by atomic mass is 35.5. The topological polar surface area (TPSA) is 69.0 Å². The largest absolute Gasteiger partial charge is 0.494 e. The molecule has 0 saturated carbocycles. The fraction of sp³-hybridized carbons (Fsp3) is 0.261. The van der Waals surface area contributed by atoms with Gasteiger partial charge in [0, 0.05) is 23.0 Å². The summed E-state index contributed by atoms with van der Waals surface area (Å²) < 4.78 is 7.40. The molecular weight excluding hydrogens is 464 g/mol. The average Bonchev–Trinajstić information content (AvgIpc) is 3.17. The number of nitrogens with one attached hydrogen (secondary N) is 1. The van der Waals surface area contributed by atoms with E-state index in [-0.39, 0.29) is 11.7 Å². The van der Waals surface area contributed by atoms with E-state index in [4.69, 9.17) is 16.3 Å². The molecule has 0 bridgehead atoms. The normalized spacial score (nSPS) is 10.7. The zero-order valence-electron chi connectivity index (χ0n) is 17.8. The molecule has 0 atom stereocenters. The van der Waals surface area contributed by atoms with Crippen molar-refractivity contribution in [3.63, 3.8) is 0 Å². The van der Waals surface area contributed by atoms with Crippen molar-refractivity contribution in [1.82, 2.24) is 14.8 Å². The standard InChI is InChI=1S/C23H25ClN4O2S2/c1-3-13-28-21(15-31-14-17-7-5-6-8-20(17)24)26-27-23(28)32-16-22(29)25-18-9-11-19(12-10-18)30-4-2/h3,5-12H,1,4,13-16H2,2H3,(H,25,29). The van der Waals surface area contributed by atoms with E-state index in [1.54, 1.807) is 17.8 Å². The third-order valence-corrected chi connectivity index (χ3v) is 6.65. The lowest BCUT2D eigenvalue weighted by Crippen LogP contribution is -2.14. The van der Waals surface area contributed by atoms with E-state index in [0.29, 0.717) is 24.1 Å². The van der Waals surface area contributed by atoms with Gasteiger partial charge in [-0.15, -0.1) is 28.5 Å². The molecule has 9 heteroatoms. The third-order valence-electron chi connectivity index (χ3n) is 4.33. The van der Waals surface area contributed by atoms with E-state index in [0.717, 1.165) is 33.6 Å². The SMILES string of the molecule is C=CCn1c(CSCc2ccccc2Cl)nnc1SCC(=O)Nc1ccc(OCC)cc1. The van der Waals surface area contributed by atoms with Crippen LogP contribution in [-0.4, -0.2) is 33.0 Å². The highest BCUT2D eigenvalue weighted by Gasteiger charge is 2.14. The lowest BCUT2D eigenvalue weighted by atomic mass is 10.2. The van der Waals surface area contributed by atoms with E-state index in [1.165, 1.54) is 11.8 Å². The van der Waals surface area contributed by atoms with Crippen molar-refractivity contribution < 1.29 is 9.53 Å². The molecule has 3 rings (SSSR count). The van der Waals surface area contributed by atoms with Crippen LogP contribution in [0.3, 0.4) is 0 Å². The van der Waals surface area contributed by atoms with E-state index in [9.17, 15) is 4.79 Å². The first-order chi connectivity index (χ1) is 15.6. The molecule has 1 amide bonds. The minimum atomic E-state index is -0.109. The van der Waals surface area contributed by atoms with Crippen LogP contribution in [0.15, 0.2) is 66.3 Å². The Kier molecular flexibility index (Phi) is 9.52. The number of carbonyl (C=O) groups is 1. The minimum absolute atomic E-state index is 0.109. The van der Waals surface area contributed by atoms with Crippen LogP contribution >= 0.6 is 35.1 Å². The summed E-state index contributed by atoms with van der Waals surface area (Å²) in [6, 6.07) is 15.1. The van der Waals surface area contributed by atoms with Crippen molar-refractivity contribution in [2.75, 3.05) is 17.7 Å². The Morgan fingerprint density at radius 2 is 1.97 bits per heavy atom. The Bertz CT molecular complexity index is 1040. The summed E-state index contributed by atoms with van der Waals surface area (Å²) in [5.41, 5.74) is 1.82. The summed E-state index contributed by atoms with van der Waals surface area (Å²) in [7, 11) is 0. The van der Waals surface area contributed by atoms with Gasteiger partial charge in [0.05, 0.1) is 18.1 Å². The molecule has 3 aromatic rings. The molecule has 1 N–H and O–H groups in total. The van der Waals surface area contributed by atoms with Crippen LogP contribution in [0.25, 0.3) is 0 Å². The highest BCUT2D eigenvalue weighted by molar-refractivity contribution is 7.99. The fourth-order valence-electron chi connectivity index (χ4n) is 2.84. The first kappa shape index (κ1) is 24.2. The Morgan fingerprint density at radius 1 is 1.19 bits per heavy atom. The number of rotatable bonds is 12. The number of allylic oxidation sites excluding steroid dienone is 1. The Morgan fingerprint density at radius 3 is 2.69 bits per heavy atom. The number of hydrogen-bond acceptors (Lipinski definition) is 6. The number of thioether (sulfide) groups is 2. The van der Waals surface area contributed by atoms with E-state index in [2.05, 4.69) is 22.1 Å². The molecule has 6 nitrogen and oxygen atoms in total. The summed E-state index contributed by atoms with van der Waals surface area (Å²) in [6.45, 7) is 6.95. The van der Waals surface area contributed by atoms with Gasteiger partial charge in [0.2, 0.25) is 5.91 Å². The van der Waals surface area contributed by atoms with Gasteiger partial charge in [-0.25, -0.2) is 0 Å². The summed E-state index contributed by atoms with van der Waals surface area (Å²) >= 11 is 9.30. The number of hydrogen-bond donors (Lipinski definition) is 1. The van der Waals surface area contributed by atoms with Crippen molar-refractivity contribution in [3.8, 4) is 5.75 Å². The van der Waals surface area contributed by atoms with Gasteiger partial charge in [0.15, 0.2) is 5.16 Å². The molecule has 0 spiro atoms. The zero-order valence-corrected chi connectivity index (χ0v) is 20.2. The van der Waals surface area contributed by atoms with Gasteiger partial charge < -0.3 is 14.6 Å². The summed E-state index contributed by atoms with van der Waals surface area (Å²) in [4.78, 5) is 12.4. The van der Waals surface area contributed by atoms with Crippen LogP contribution in [-0.2, 0) is 22.8 Å². The molecule has 32 heavy (non-hydrogen) atoms. The van der Waals surface area contributed by atoms with Gasteiger partial charge in [0.25, 0.3) is 0 Å². The first-order valence-electron chi connectivity index (χ1n) is 10.1. The third kappa shape index (κ3) is 7.05. The van der Waals surface area contributed by atoms with E-state index >= 15 is 0 Å². The maximum atomic E-state index is 12.4. The van der Waals surface area contributed by atoms with E-state index < -0.39 is 0 Å². The van der Waals surface area contributed by atoms with Gasteiger partial charge in [-0.3, -0.25) is 4.79 Å². The molecule has 0 fully saturated rings. The molecule has 0 aliphatic rings. The van der Waals surface area contributed by atoms with Gasteiger partial charge in [0.1, 0.15) is 11.6 Å². The zero-order chi connectivity index (χ0) is 22.8. The van der Waals surface area contributed by atoms with Crippen LogP contribution < -0.4 is 10.1 Å². The molecular formula is C23H25ClN4O2S2.